The molecule has 0 amide bonds. The van der Waals surface area contributed by atoms with Gasteiger partial charge in [-0.1, -0.05) is 0 Å². The number of alkyl halides is 3. The van der Waals surface area contributed by atoms with E-state index in [1.165, 1.54) is 24.3 Å². The number of phenolic OH excluding ortho intramolecular Hbond substituents is 1. The predicted octanol–water partition coefficient (Wildman–Crippen LogP) is 4.23. The second-order valence-corrected chi connectivity index (χ2v) is 6.60. The number of hydrogen-bond donors (Lipinski definition) is 3. The van der Waals surface area contributed by atoms with Crippen LogP contribution < -0.4 is 5.56 Å². The SMILES string of the molecule is O=c1cc(O)c2sc3nc(-c4ccc(O)cc4)cc(C(F)(F)F)c3c2[nH]1. The Labute approximate surface area is 147 Å². The van der Waals surface area contributed by atoms with Gasteiger partial charge in [-0.3, -0.25) is 4.79 Å². The van der Waals surface area contributed by atoms with Crippen LogP contribution in [-0.4, -0.2) is 20.2 Å². The summed E-state index contributed by atoms with van der Waals surface area (Å²) in [6.07, 6.45) is -4.69. The van der Waals surface area contributed by atoms with Crippen LogP contribution in [0, 0.1) is 0 Å². The minimum atomic E-state index is -4.69. The van der Waals surface area contributed by atoms with E-state index in [9.17, 15) is 28.2 Å². The highest BCUT2D eigenvalue weighted by Crippen LogP contribution is 2.44. The molecule has 0 spiro atoms. The van der Waals surface area contributed by atoms with Crippen molar-refractivity contribution in [3.05, 3.63) is 52.3 Å². The largest absolute Gasteiger partial charge is 0.508 e. The number of hydrogen-bond acceptors (Lipinski definition) is 5. The smallest absolute Gasteiger partial charge is 0.417 e. The maximum atomic E-state index is 13.7. The molecule has 0 aliphatic heterocycles. The van der Waals surface area contributed by atoms with Crippen molar-refractivity contribution in [2.24, 2.45) is 0 Å². The first-order valence-electron chi connectivity index (χ1n) is 7.30. The number of benzene rings is 1. The van der Waals surface area contributed by atoms with Crippen molar-refractivity contribution in [3.8, 4) is 22.8 Å². The summed E-state index contributed by atoms with van der Waals surface area (Å²) in [6.45, 7) is 0. The summed E-state index contributed by atoms with van der Waals surface area (Å²) in [5.41, 5.74) is -1.29. The summed E-state index contributed by atoms with van der Waals surface area (Å²) in [5, 5.41) is 19.0. The molecule has 132 valence electrons. The molecule has 3 aromatic heterocycles. The maximum Gasteiger partial charge on any atom is 0.417 e. The van der Waals surface area contributed by atoms with Gasteiger partial charge in [0, 0.05) is 17.0 Å². The summed E-state index contributed by atoms with van der Waals surface area (Å²) in [4.78, 5) is 18.2. The lowest BCUT2D eigenvalue weighted by Gasteiger charge is -2.11. The molecule has 0 aliphatic rings. The number of H-pyrrole nitrogens is 1. The number of fused-ring (bicyclic) bond motifs is 3. The number of aromatic nitrogens is 2. The third-order valence-electron chi connectivity index (χ3n) is 3.88. The van der Waals surface area contributed by atoms with Crippen LogP contribution in [0.25, 0.3) is 31.7 Å². The van der Waals surface area contributed by atoms with E-state index in [0.29, 0.717) is 5.56 Å². The lowest BCUT2D eigenvalue weighted by molar-refractivity contribution is -0.136. The van der Waals surface area contributed by atoms with Crippen molar-refractivity contribution in [3.63, 3.8) is 0 Å². The van der Waals surface area contributed by atoms with E-state index in [0.717, 1.165) is 23.5 Å². The first-order valence-corrected chi connectivity index (χ1v) is 8.12. The molecule has 3 heterocycles. The van der Waals surface area contributed by atoms with E-state index in [4.69, 9.17) is 0 Å². The van der Waals surface area contributed by atoms with Crippen molar-refractivity contribution >= 4 is 31.8 Å². The molecule has 0 bridgehead atoms. The topological polar surface area (TPSA) is 86.2 Å². The molecule has 5 nitrogen and oxygen atoms in total. The van der Waals surface area contributed by atoms with Crippen molar-refractivity contribution in [2.75, 3.05) is 0 Å². The zero-order valence-electron chi connectivity index (χ0n) is 12.8. The summed E-state index contributed by atoms with van der Waals surface area (Å²) in [6, 6.07) is 7.41. The van der Waals surface area contributed by atoms with Crippen molar-refractivity contribution in [1.82, 2.24) is 9.97 Å². The summed E-state index contributed by atoms with van der Waals surface area (Å²) in [5.74, 6) is -0.415. The van der Waals surface area contributed by atoms with E-state index in [2.05, 4.69) is 9.97 Å². The fourth-order valence-electron chi connectivity index (χ4n) is 2.75. The fraction of sp³-hybridized carbons (Fsp3) is 0.0588. The Morgan fingerprint density at radius 1 is 1.08 bits per heavy atom. The van der Waals surface area contributed by atoms with Gasteiger partial charge in [0.2, 0.25) is 0 Å². The van der Waals surface area contributed by atoms with Gasteiger partial charge in [0.05, 0.1) is 21.5 Å². The number of aromatic amines is 1. The predicted molar refractivity (Wildman–Crippen MR) is 91.5 cm³/mol. The first kappa shape index (κ1) is 16.4. The molecule has 0 aliphatic carbocycles. The van der Waals surface area contributed by atoms with Crippen LogP contribution in [0.1, 0.15) is 5.56 Å². The second-order valence-electron chi connectivity index (χ2n) is 5.60. The molecule has 4 rings (SSSR count). The van der Waals surface area contributed by atoms with Crippen LogP contribution >= 0.6 is 11.3 Å². The van der Waals surface area contributed by atoms with Crippen LogP contribution in [0.4, 0.5) is 13.2 Å². The first-order chi connectivity index (χ1) is 12.2. The van der Waals surface area contributed by atoms with E-state index in [1.54, 1.807) is 0 Å². The van der Waals surface area contributed by atoms with E-state index in [-0.39, 0.29) is 31.9 Å². The monoisotopic (exact) mass is 378 g/mol. The van der Waals surface area contributed by atoms with Gasteiger partial charge in [-0.25, -0.2) is 4.98 Å². The second kappa shape index (κ2) is 5.46. The third kappa shape index (κ3) is 2.57. The Balaban J connectivity index is 2.13. The highest BCUT2D eigenvalue weighted by Gasteiger charge is 2.35. The summed E-state index contributed by atoms with van der Waals surface area (Å²) in [7, 11) is 0. The normalized spacial score (nSPS) is 12.1. The number of thiophene rings is 1. The molecular weight excluding hydrogens is 369 g/mol. The van der Waals surface area contributed by atoms with Crippen LogP contribution in [-0.2, 0) is 6.18 Å². The lowest BCUT2D eigenvalue weighted by atomic mass is 10.1. The Hall–Kier alpha value is -3.07. The molecule has 1 aromatic carbocycles. The van der Waals surface area contributed by atoms with Crippen LogP contribution in [0.2, 0.25) is 0 Å². The Kier molecular flexibility index (Phi) is 3.45. The number of nitrogens with zero attached hydrogens (tertiary/aromatic N) is 1. The molecule has 0 fully saturated rings. The Bertz CT molecular complexity index is 1210. The number of nitrogens with one attached hydrogen (secondary N) is 1. The van der Waals surface area contributed by atoms with Gasteiger partial charge in [-0.15, -0.1) is 11.3 Å². The zero-order valence-corrected chi connectivity index (χ0v) is 13.6. The van der Waals surface area contributed by atoms with Crippen molar-refractivity contribution in [1.29, 1.82) is 0 Å². The van der Waals surface area contributed by atoms with E-state index < -0.39 is 23.0 Å². The minimum absolute atomic E-state index is 0.0183. The molecule has 0 radical (unpaired) electrons. The van der Waals surface area contributed by atoms with Gasteiger partial charge in [0.25, 0.3) is 5.56 Å². The molecule has 0 saturated heterocycles. The number of phenols is 1. The fourth-order valence-corrected chi connectivity index (χ4v) is 3.82. The minimum Gasteiger partial charge on any atom is -0.508 e. The maximum absolute atomic E-state index is 13.7. The molecular formula is C17H9F3N2O3S. The van der Waals surface area contributed by atoms with Crippen LogP contribution in [0.5, 0.6) is 11.5 Å². The summed E-state index contributed by atoms with van der Waals surface area (Å²) >= 11 is 0.859. The number of halogens is 3. The van der Waals surface area contributed by atoms with Crippen molar-refractivity contribution in [2.45, 2.75) is 6.18 Å². The van der Waals surface area contributed by atoms with Crippen LogP contribution in [0.3, 0.4) is 0 Å². The average molecular weight is 378 g/mol. The molecule has 4 aromatic rings. The number of rotatable bonds is 1. The van der Waals surface area contributed by atoms with Gasteiger partial charge in [0.1, 0.15) is 16.3 Å². The van der Waals surface area contributed by atoms with Crippen molar-refractivity contribution < 1.29 is 23.4 Å². The Morgan fingerprint density at radius 2 is 1.77 bits per heavy atom. The lowest BCUT2D eigenvalue weighted by Crippen LogP contribution is -2.08. The van der Waals surface area contributed by atoms with Crippen LogP contribution in [0.15, 0.2) is 41.2 Å². The quantitative estimate of drug-likeness (QED) is 0.463. The third-order valence-corrected chi connectivity index (χ3v) is 4.99. The molecule has 0 saturated carbocycles. The highest BCUT2D eigenvalue weighted by molar-refractivity contribution is 7.25. The standard InChI is InChI=1S/C17H9F3N2O3S/c18-17(19,20)9-5-10(7-1-3-8(23)4-2-7)21-16-13(9)14-15(26-16)11(24)6-12(25)22-14/h1-6,23H,(H2,22,24,25). The van der Waals surface area contributed by atoms with E-state index in [1.807, 2.05) is 0 Å². The molecule has 3 N–H and O–H groups in total. The van der Waals surface area contributed by atoms with E-state index >= 15 is 0 Å². The van der Waals surface area contributed by atoms with Gasteiger partial charge in [0.15, 0.2) is 0 Å². The van der Waals surface area contributed by atoms with Gasteiger partial charge >= 0.3 is 6.18 Å². The number of pyridine rings is 2. The van der Waals surface area contributed by atoms with Gasteiger partial charge < -0.3 is 15.2 Å². The van der Waals surface area contributed by atoms with Gasteiger partial charge in [-0.05, 0) is 30.3 Å². The molecule has 0 unspecified atom stereocenters. The zero-order chi connectivity index (χ0) is 18.6. The van der Waals surface area contributed by atoms with Gasteiger partial charge in [-0.2, -0.15) is 13.2 Å². The molecule has 26 heavy (non-hydrogen) atoms. The highest BCUT2D eigenvalue weighted by atomic mass is 32.1. The number of aromatic hydroxyl groups is 2. The summed E-state index contributed by atoms with van der Waals surface area (Å²) < 4.78 is 41.1. The Morgan fingerprint density at radius 3 is 2.42 bits per heavy atom. The average Bonchev–Trinajstić information content (AvgIpc) is 2.92. The molecule has 0 atom stereocenters. The molecule has 9 heteroatoms.